The Bertz CT molecular complexity index is 591. The first-order valence-corrected chi connectivity index (χ1v) is 6.22. The van der Waals surface area contributed by atoms with Crippen LogP contribution in [0.3, 0.4) is 0 Å². The number of halogens is 3. The van der Waals surface area contributed by atoms with Crippen LogP contribution in [0.2, 0.25) is 0 Å². The second-order valence-electron chi connectivity index (χ2n) is 4.76. The topological polar surface area (TPSA) is 50.8 Å². The molecule has 20 heavy (non-hydrogen) atoms. The van der Waals surface area contributed by atoms with Gasteiger partial charge in [0, 0.05) is 24.0 Å². The molecule has 1 aliphatic rings. The molecule has 0 radical (unpaired) electrons. The van der Waals surface area contributed by atoms with Crippen molar-refractivity contribution in [1.82, 2.24) is 15.2 Å². The van der Waals surface area contributed by atoms with Crippen LogP contribution in [-0.2, 0) is 0 Å². The molecular weight excluding hydrogens is 271 g/mol. The monoisotopic (exact) mass is 283 g/mol. The molecule has 0 aliphatic heterocycles. The zero-order valence-electron chi connectivity index (χ0n) is 10.4. The second kappa shape index (κ2) is 4.81. The van der Waals surface area contributed by atoms with Gasteiger partial charge in [-0.1, -0.05) is 0 Å². The zero-order valence-corrected chi connectivity index (χ0v) is 10.4. The van der Waals surface area contributed by atoms with Gasteiger partial charge in [0.05, 0.1) is 11.4 Å². The summed E-state index contributed by atoms with van der Waals surface area (Å²) in [4.78, 5) is 4.25. The van der Waals surface area contributed by atoms with E-state index in [0.29, 0.717) is 11.4 Å². The molecule has 2 aromatic heterocycles. The van der Waals surface area contributed by atoms with E-state index >= 15 is 0 Å². The lowest BCUT2D eigenvalue weighted by Gasteiger charge is -2.13. The summed E-state index contributed by atoms with van der Waals surface area (Å²) in [6, 6.07) is 3.24. The third kappa shape index (κ3) is 2.92. The average molecular weight is 283 g/mol. The molecule has 0 saturated heterocycles. The first-order valence-electron chi connectivity index (χ1n) is 6.22. The average Bonchev–Trinajstić information content (AvgIpc) is 3.09. The largest absolute Gasteiger partial charge is 0.484 e. The third-order valence-corrected chi connectivity index (χ3v) is 3.08. The Balaban J connectivity index is 1.89. The van der Waals surface area contributed by atoms with Crippen LogP contribution in [0, 0.1) is 0 Å². The molecule has 2 heterocycles. The molecule has 0 atom stereocenters. The molecule has 0 aromatic carbocycles. The van der Waals surface area contributed by atoms with Gasteiger partial charge in [-0.05, 0) is 24.8 Å². The van der Waals surface area contributed by atoms with Crippen molar-refractivity contribution in [2.24, 2.45) is 0 Å². The highest BCUT2D eigenvalue weighted by molar-refractivity contribution is 5.57. The van der Waals surface area contributed by atoms with Crippen LogP contribution in [0.15, 0.2) is 24.5 Å². The summed E-state index contributed by atoms with van der Waals surface area (Å²) >= 11 is 0. The van der Waals surface area contributed by atoms with Crippen molar-refractivity contribution in [2.75, 3.05) is 6.61 Å². The lowest BCUT2D eigenvalue weighted by atomic mass is 10.1. The van der Waals surface area contributed by atoms with Gasteiger partial charge in [-0.15, -0.1) is 0 Å². The number of pyridine rings is 1. The minimum absolute atomic E-state index is 0.254. The van der Waals surface area contributed by atoms with E-state index in [2.05, 4.69) is 15.2 Å². The maximum Gasteiger partial charge on any atom is 0.422 e. The van der Waals surface area contributed by atoms with Crippen molar-refractivity contribution >= 4 is 0 Å². The quantitative estimate of drug-likeness (QED) is 0.936. The number of hydrogen-bond donors (Lipinski definition) is 1. The summed E-state index contributed by atoms with van der Waals surface area (Å²) in [7, 11) is 0. The highest BCUT2D eigenvalue weighted by Gasteiger charge is 2.31. The summed E-state index contributed by atoms with van der Waals surface area (Å²) in [5.74, 6) is 0.519. The smallest absolute Gasteiger partial charge is 0.422 e. The molecule has 1 saturated carbocycles. The molecule has 1 N–H and O–H groups in total. The number of H-pyrrole nitrogens is 1. The number of hydrogen-bond acceptors (Lipinski definition) is 3. The van der Waals surface area contributed by atoms with E-state index in [9.17, 15) is 13.2 Å². The summed E-state index contributed by atoms with van der Waals surface area (Å²) < 4.78 is 41.9. The van der Waals surface area contributed by atoms with Crippen LogP contribution in [0.5, 0.6) is 5.75 Å². The van der Waals surface area contributed by atoms with E-state index < -0.39 is 12.8 Å². The Morgan fingerprint density at radius 2 is 2.15 bits per heavy atom. The molecule has 3 rings (SSSR count). The highest BCUT2D eigenvalue weighted by atomic mass is 19.4. The van der Waals surface area contributed by atoms with E-state index in [0.717, 1.165) is 18.4 Å². The molecule has 0 spiro atoms. The predicted octanol–water partition coefficient (Wildman–Crippen LogP) is 3.29. The number of nitrogens with zero attached hydrogens (tertiary/aromatic N) is 2. The van der Waals surface area contributed by atoms with Crippen molar-refractivity contribution in [2.45, 2.75) is 24.9 Å². The van der Waals surface area contributed by atoms with Gasteiger partial charge in [-0.25, -0.2) is 0 Å². The lowest BCUT2D eigenvalue weighted by molar-refractivity contribution is -0.153. The van der Waals surface area contributed by atoms with Crippen molar-refractivity contribution in [1.29, 1.82) is 0 Å². The van der Waals surface area contributed by atoms with Crippen LogP contribution in [0.4, 0.5) is 13.2 Å². The van der Waals surface area contributed by atoms with E-state index in [-0.39, 0.29) is 11.7 Å². The van der Waals surface area contributed by atoms with Gasteiger partial charge in [0.15, 0.2) is 6.61 Å². The number of nitrogens with one attached hydrogen (secondary N) is 1. The fourth-order valence-electron chi connectivity index (χ4n) is 1.98. The van der Waals surface area contributed by atoms with Crippen LogP contribution in [-0.4, -0.2) is 28.0 Å². The number of alkyl halides is 3. The SMILES string of the molecule is FC(F)(F)COc1cc(-c2ccn[nH]2)ncc1C1CC1. The Morgan fingerprint density at radius 1 is 1.35 bits per heavy atom. The van der Waals surface area contributed by atoms with E-state index in [1.807, 2.05) is 0 Å². The van der Waals surface area contributed by atoms with Gasteiger partial charge in [-0.2, -0.15) is 18.3 Å². The fraction of sp³-hybridized carbons (Fsp3) is 0.385. The summed E-state index contributed by atoms with van der Waals surface area (Å²) in [5, 5.41) is 6.52. The molecular formula is C13H12F3N3O. The standard InChI is InChI=1S/C13H12F3N3O/c14-13(15,16)7-20-12-5-11(10-3-4-18-19-10)17-6-9(12)8-1-2-8/h3-6,8H,1-2,7H2,(H,18,19). The Hall–Kier alpha value is -2.05. The molecule has 7 heteroatoms. The van der Waals surface area contributed by atoms with Crippen LogP contribution < -0.4 is 4.74 Å². The van der Waals surface area contributed by atoms with Gasteiger partial charge >= 0.3 is 6.18 Å². The fourth-order valence-corrected chi connectivity index (χ4v) is 1.98. The maximum atomic E-state index is 12.3. The van der Waals surface area contributed by atoms with E-state index in [1.165, 1.54) is 6.07 Å². The van der Waals surface area contributed by atoms with Gasteiger partial charge < -0.3 is 4.74 Å². The number of aromatic amines is 1. The Morgan fingerprint density at radius 3 is 2.75 bits per heavy atom. The molecule has 0 amide bonds. The molecule has 4 nitrogen and oxygen atoms in total. The van der Waals surface area contributed by atoms with E-state index in [1.54, 1.807) is 18.5 Å². The van der Waals surface area contributed by atoms with Crippen molar-refractivity contribution in [3.8, 4) is 17.1 Å². The molecule has 0 bridgehead atoms. The maximum absolute atomic E-state index is 12.3. The molecule has 2 aromatic rings. The Labute approximate surface area is 113 Å². The van der Waals surface area contributed by atoms with Gasteiger partial charge in [0.1, 0.15) is 5.75 Å². The first kappa shape index (κ1) is 13.0. The van der Waals surface area contributed by atoms with Gasteiger partial charge in [-0.3, -0.25) is 10.1 Å². The van der Waals surface area contributed by atoms with Crippen molar-refractivity contribution < 1.29 is 17.9 Å². The van der Waals surface area contributed by atoms with Crippen LogP contribution >= 0.6 is 0 Å². The van der Waals surface area contributed by atoms with Crippen molar-refractivity contribution in [3.63, 3.8) is 0 Å². The normalized spacial score (nSPS) is 15.3. The number of ether oxygens (including phenoxy) is 1. The number of rotatable bonds is 4. The summed E-state index contributed by atoms with van der Waals surface area (Å²) in [5.41, 5.74) is 1.91. The lowest BCUT2D eigenvalue weighted by Crippen LogP contribution is -2.19. The summed E-state index contributed by atoms with van der Waals surface area (Å²) in [6.45, 7) is -1.29. The first-order chi connectivity index (χ1) is 9.53. The van der Waals surface area contributed by atoms with Gasteiger partial charge in [0.2, 0.25) is 0 Å². The van der Waals surface area contributed by atoms with Crippen LogP contribution in [0.1, 0.15) is 24.3 Å². The van der Waals surface area contributed by atoms with Gasteiger partial charge in [0.25, 0.3) is 0 Å². The minimum atomic E-state index is -4.35. The minimum Gasteiger partial charge on any atom is -0.484 e. The number of aromatic nitrogens is 3. The third-order valence-electron chi connectivity index (χ3n) is 3.08. The Kier molecular flexibility index (Phi) is 3.11. The van der Waals surface area contributed by atoms with Crippen molar-refractivity contribution in [3.05, 3.63) is 30.1 Å². The predicted molar refractivity (Wildman–Crippen MR) is 65.3 cm³/mol. The van der Waals surface area contributed by atoms with Crippen LogP contribution in [0.25, 0.3) is 11.4 Å². The second-order valence-corrected chi connectivity index (χ2v) is 4.76. The molecule has 1 aliphatic carbocycles. The zero-order chi connectivity index (χ0) is 14.2. The summed E-state index contributed by atoms with van der Waals surface area (Å²) in [6.07, 6.45) is 0.737. The molecule has 0 unspecified atom stereocenters. The highest BCUT2D eigenvalue weighted by Crippen LogP contribution is 2.44. The van der Waals surface area contributed by atoms with E-state index in [4.69, 9.17) is 4.74 Å². The molecule has 106 valence electrons. The molecule has 1 fully saturated rings.